The Bertz CT molecular complexity index is 633. The zero-order valence-electron chi connectivity index (χ0n) is 12.8. The van der Waals surface area contributed by atoms with E-state index < -0.39 is 0 Å². The fourth-order valence-corrected chi connectivity index (χ4v) is 2.89. The van der Waals surface area contributed by atoms with E-state index >= 15 is 0 Å². The summed E-state index contributed by atoms with van der Waals surface area (Å²) in [6.07, 6.45) is 0. The van der Waals surface area contributed by atoms with Gasteiger partial charge in [-0.05, 0) is 48.5 Å². The van der Waals surface area contributed by atoms with E-state index in [1.165, 1.54) is 4.90 Å². The van der Waals surface area contributed by atoms with Crippen molar-refractivity contribution in [3.63, 3.8) is 0 Å². The molecule has 22 heavy (non-hydrogen) atoms. The normalized spacial score (nSPS) is 11.1. The van der Waals surface area contributed by atoms with Crippen LogP contribution in [-0.2, 0) is 0 Å². The van der Waals surface area contributed by atoms with Crippen molar-refractivity contribution in [1.29, 1.82) is 0 Å². The van der Waals surface area contributed by atoms with Crippen LogP contribution >= 0.6 is 23.4 Å². The molecule has 0 spiro atoms. The highest BCUT2D eigenvalue weighted by molar-refractivity contribution is 8.00. The molecule has 116 valence electrons. The van der Waals surface area contributed by atoms with Crippen LogP contribution < -0.4 is 10.6 Å². The summed E-state index contributed by atoms with van der Waals surface area (Å²) >= 11 is 7.60. The van der Waals surface area contributed by atoms with Crippen LogP contribution in [0.5, 0.6) is 0 Å². The van der Waals surface area contributed by atoms with Gasteiger partial charge in [0.05, 0.1) is 0 Å². The Hall–Kier alpha value is -1.65. The molecule has 2 amide bonds. The molecule has 0 atom stereocenters. The van der Waals surface area contributed by atoms with Crippen molar-refractivity contribution in [2.24, 2.45) is 0 Å². The number of halogens is 1. The van der Waals surface area contributed by atoms with Gasteiger partial charge in [0.2, 0.25) is 0 Å². The molecule has 0 saturated carbocycles. The van der Waals surface area contributed by atoms with E-state index in [0.29, 0.717) is 10.7 Å². The molecule has 0 aliphatic carbocycles. The second kappa shape index (κ2) is 7.07. The van der Waals surface area contributed by atoms with Crippen molar-refractivity contribution in [2.75, 3.05) is 10.6 Å². The van der Waals surface area contributed by atoms with Gasteiger partial charge in [-0.25, -0.2) is 4.79 Å². The minimum absolute atomic E-state index is 0.168. The first kappa shape index (κ1) is 16.7. The number of carbonyl (C=O) groups is 1. The lowest BCUT2D eigenvalue weighted by molar-refractivity contribution is 0.262. The van der Waals surface area contributed by atoms with Gasteiger partial charge in [0.15, 0.2) is 0 Å². The molecule has 0 aliphatic heterocycles. The van der Waals surface area contributed by atoms with Gasteiger partial charge < -0.3 is 10.6 Å². The second-order valence-electron chi connectivity index (χ2n) is 5.82. The molecular formula is C17H19ClN2OS. The third kappa shape index (κ3) is 5.62. The van der Waals surface area contributed by atoms with Gasteiger partial charge in [0, 0.05) is 26.0 Å². The fraction of sp³-hybridized carbons (Fsp3) is 0.235. The summed E-state index contributed by atoms with van der Waals surface area (Å²) in [5.74, 6) is 0. The summed E-state index contributed by atoms with van der Waals surface area (Å²) in [5, 5.41) is 6.20. The van der Waals surface area contributed by atoms with E-state index in [0.717, 1.165) is 5.69 Å². The number of anilines is 2. The fourth-order valence-electron chi connectivity index (χ4n) is 1.79. The van der Waals surface area contributed by atoms with Crippen LogP contribution in [0.4, 0.5) is 16.2 Å². The van der Waals surface area contributed by atoms with Gasteiger partial charge in [-0.15, -0.1) is 11.8 Å². The lowest BCUT2D eigenvalue weighted by Crippen LogP contribution is -2.19. The molecule has 0 aliphatic rings. The number of urea groups is 1. The summed E-state index contributed by atoms with van der Waals surface area (Å²) in [5.41, 5.74) is 1.45. The van der Waals surface area contributed by atoms with Gasteiger partial charge >= 0.3 is 6.03 Å². The number of hydrogen-bond acceptors (Lipinski definition) is 2. The van der Waals surface area contributed by atoms with Gasteiger partial charge in [-0.2, -0.15) is 0 Å². The first-order chi connectivity index (χ1) is 10.3. The lowest BCUT2D eigenvalue weighted by atomic mass is 10.3. The van der Waals surface area contributed by atoms with Crippen molar-refractivity contribution in [1.82, 2.24) is 0 Å². The highest BCUT2D eigenvalue weighted by Gasteiger charge is 2.11. The number of amides is 2. The van der Waals surface area contributed by atoms with Crippen LogP contribution in [0.3, 0.4) is 0 Å². The topological polar surface area (TPSA) is 41.1 Å². The molecule has 0 bridgehead atoms. The molecule has 2 rings (SSSR count). The van der Waals surface area contributed by atoms with Gasteiger partial charge in [0.1, 0.15) is 0 Å². The van der Waals surface area contributed by atoms with Gasteiger partial charge in [0.25, 0.3) is 0 Å². The van der Waals surface area contributed by atoms with Crippen LogP contribution in [0.15, 0.2) is 53.4 Å². The van der Waals surface area contributed by atoms with E-state index in [2.05, 4.69) is 31.4 Å². The Kier molecular flexibility index (Phi) is 5.37. The summed E-state index contributed by atoms with van der Waals surface area (Å²) in [4.78, 5) is 13.1. The minimum atomic E-state index is -0.279. The van der Waals surface area contributed by atoms with Crippen LogP contribution in [-0.4, -0.2) is 10.8 Å². The molecule has 0 unspecified atom stereocenters. The Morgan fingerprint density at radius 2 is 1.36 bits per heavy atom. The zero-order chi connectivity index (χ0) is 16.2. The van der Waals surface area contributed by atoms with E-state index in [-0.39, 0.29) is 10.8 Å². The highest BCUT2D eigenvalue weighted by Crippen LogP contribution is 2.32. The summed E-state index contributed by atoms with van der Waals surface area (Å²) in [7, 11) is 0. The predicted molar refractivity (Wildman–Crippen MR) is 96.1 cm³/mol. The Balaban J connectivity index is 1.93. The Morgan fingerprint density at radius 3 is 1.82 bits per heavy atom. The Labute approximate surface area is 140 Å². The largest absolute Gasteiger partial charge is 0.323 e. The SMILES string of the molecule is CC(C)(C)Sc1ccc(NC(=O)Nc2ccc(Cl)cc2)cc1. The molecule has 2 aromatic carbocycles. The molecule has 0 heterocycles. The number of carbonyl (C=O) groups excluding carboxylic acids is 1. The predicted octanol–water partition coefficient (Wildman–Crippen LogP) is 5.87. The average Bonchev–Trinajstić information content (AvgIpc) is 2.42. The van der Waals surface area contributed by atoms with E-state index in [4.69, 9.17) is 11.6 Å². The lowest BCUT2D eigenvalue weighted by Gasteiger charge is -2.17. The number of benzene rings is 2. The average molecular weight is 335 g/mol. The molecule has 3 nitrogen and oxygen atoms in total. The molecule has 2 N–H and O–H groups in total. The number of nitrogens with one attached hydrogen (secondary N) is 2. The number of thioether (sulfide) groups is 1. The van der Waals surface area contributed by atoms with Crippen LogP contribution in [0.1, 0.15) is 20.8 Å². The molecular weight excluding hydrogens is 316 g/mol. The maximum Gasteiger partial charge on any atom is 0.323 e. The van der Waals surface area contributed by atoms with Crippen molar-refractivity contribution in [3.8, 4) is 0 Å². The zero-order valence-corrected chi connectivity index (χ0v) is 14.4. The molecule has 2 aromatic rings. The van der Waals surface area contributed by atoms with Gasteiger partial charge in [-0.1, -0.05) is 32.4 Å². The van der Waals surface area contributed by atoms with Crippen molar-refractivity contribution >= 4 is 40.8 Å². The van der Waals surface area contributed by atoms with Crippen LogP contribution in [0, 0.1) is 0 Å². The first-order valence-corrected chi connectivity index (χ1v) is 8.14. The number of hydrogen-bond donors (Lipinski definition) is 2. The standard InChI is InChI=1S/C17H19ClN2OS/c1-17(2,3)22-15-10-8-14(9-11-15)20-16(21)19-13-6-4-12(18)5-7-13/h4-11H,1-3H3,(H2,19,20,21). The van der Waals surface area contributed by atoms with Crippen molar-refractivity contribution < 1.29 is 4.79 Å². The smallest absolute Gasteiger partial charge is 0.308 e. The third-order valence-corrected chi connectivity index (χ3v) is 4.01. The quantitative estimate of drug-likeness (QED) is 0.689. The van der Waals surface area contributed by atoms with Crippen molar-refractivity contribution in [3.05, 3.63) is 53.6 Å². The van der Waals surface area contributed by atoms with Crippen molar-refractivity contribution in [2.45, 2.75) is 30.4 Å². The minimum Gasteiger partial charge on any atom is -0.308 e. The summed E-state index contributed by atoms with van der Waals surface area (Å²) in [6.45, 7) is 6.51. The highest BCUT2D eigenvalue weighted by atomic mass is 35.5. The Morgan fingerprint density at radius 1 is 0.909 bits per heavy atom. The maximum atomic E-state index is 11.9. The molecule has 0 radical (unpaired) electrons. The van der Waals surface area contributed by atoms with E-state index in [1.807, 2.05) is 24.3 Å². The maximum absolute atomic E-state index is 11.9. The molecule has 0 fully saturated rings. The molecule has 0 aromatic heterocycles. The summed E-state index contributed by atoms with van der Waals surface area (Å²) in [6, 6.07) is 14.5. The first-order valence-electron chi connectivity index (χ1n) is 6.94. The third-order valence-electron chi connectivity index (χ3n) is 2.64. The summed E-state index contributed by atoms with van der Waals surface area (Å²) < 4.78 is 0.168. The molecule has 0 saturated heterocycles. The van der Waals surface area contributed by atoms with Gasteiger partial charge in [-0.3, -0.25) is 0 Å². The number of rotatable bonds is 3. The van der Waals surface area contributed by atoms with Crippen LogP contribution in [0.25, 0.3) is 0 Å². The van der Waals surface area contributed by atoms with Crippen LogP contribution in [0.2, 0.25) is 5.02 Å². The van der Waals surface area contributed by atoms with E-state index in [1.54, 1.807) is 36.0 Å². The second-order valence-corrected chi connectivity index (χ2v) is 8.16. The van der Waals surface area contributed by atoms with E-state index in [9.17, 15) is 4.79 Å². The monoisotopic (exact) mass is 334 g/mol. The molecule has 5 heteroatoms.